The van der Waals surface area contributed by atoms with Crippen molar-refractivity contribution in [2.75, 3.05) is 26.7 Å². The van der Waals surface area contributed by atoms with Crippen LogP contribution in [0.15, 0.2) is 59.7 Å². The molecule has 3 N–H and O–H groups in total. The highest BCUT2D eigenvalue weighted by Gasteiger charge is 2.05. The highest BCUT2D eigenvalue weighted by Crippen LogP contribution is 2.19. The zero-order valence-corrected chi connectivity index (χ0v) is 17.5. The second-order valence-electron chi connectivity index (χ2n) is 5.84. The Balaban J connectivity index is 0.00000261. The van der Waals surface area contributed by atoms with Crippen molar-refractivity contribution in [3.05, 3.63) is 66.1 Å². The average molecular weight is 482 g/mol. The van der Waals surface area contributed by atoms with Crippen LogP contribution < -0.4 is 15.4 Å². The molecule has 1 heterocycles. The predicted molar refractivity (Wildman–Crippen MR) is 119 cm³/mol. The molecule has 0 aliphatic carbocycles. The molecule has 0 aliphatic rings. The number of hydrogen-bond acceptors (Lipinski definition) is 2. The van der Waals surface area contributed by atoms with Gasteiger partial charge in [0, 0.05) is 30.7 Å². The maximum absolute atomic E-state index is 13.4. The summed E-state index contributed by atoms with van der Waals surface area (Å²) in [7, 11) is 1.73. The first-order valence-corrected chi connectivity index (χ1v) is 8.64. The van der Waals surface area contributed by atoms with E-state index in [0.29, 0.717) is 25.7 Å². The Bertz CT molecular complexity index is 867. The fraction of sp³-hybridized carbons (Fsp3) is 0.250. The number of aromatic nitrogens is 1. The molecule has 0 saturated carbocycles. The van der Waals surface area contributed by atoms with Crippen molar-refractivity contribution in [1.82, 2.24) is 15.6 Å². The lowest BCUT2D eigenvalue weighted by atomic mass is 10.1. The topological polar surface area (TPSA) is 61.4 Å². The molecule has 0 unspecified atom stereocenters. The van der Waals surface area contributed by atoms with Gasteiger partial charge in [-0.1, -0.05) is 18.2 Å². The molecule has 5 nitrogen and oxygen atoms in total. The molecule has 0 fully saturated rings. The van der Waals surface area contributed by atoms with Crippen LogP contribution in [0, 0.1) is 5.82 Å². The third kappa shape index (κ3) is 6.13. The number of rotatable bonds is 7. The van der Waals surface area contributed by atoms with Crippen LogP contribution in [-0.2, 0) is 6.42 Å². The van der Waals surface area contributed by atoms with Gasteiger partial charge in [-0.25, -0.2) is 4.39 Å². The quantitative estimate of drug-likeness (QED) is 0.208. The summed E-state index contributed by atoms with van der Waals surface area (Å²) in [5.41, 5.74) is 2.02. The first-order chi connectivity index (χ1) is 12.8. The molecule has 0 radical (unpaired) electrons. The van der Waals surface area contributed by atoms with E-state index in [2.05, 4.69) is 20.6 Å². The fourth-order valence-electron chi connectivity index (χ4n) is 2.75. The van der Waals surface area contributed by atoms with E-state index in [1.54, 1.807) is 19.2 Å². The highest BCUT2D eigenvalue weighted by molar-refractivity contribution is 14.0. The van der Waals surface area contributed by atoms with Crippen LogP contribution in [0.3, 0.4) is 0 Å². The molecule has 0 aliphatic heterocycles. The molecule has 2 aromatic carbocycles. The van der Waals surface area contributed by atoms with Gasteiger partial charge in [-0.2, -0.15) is 0 Å². The molecule has 0 bridgehead atoms. The van der Waals surface area contributed by atoms with Crippen molar-refractivity contribution in [1.29, 1.82) is 0 Å². The third-order valence-corrected chi connectivity index (χ3v) is 4.05. The second-order valence-corrected chi connectivity index (χ2v) is 5.84. The van der Waals surface area contributed by atoms with E-state index in [0.717, 1.165) is 28.6 Å². The minimum atomic E-state index is -0.220. The largest absolute Gasteiger partial charge is 0.492 e. The van der Waals surface area contributed by atoms with E-state index in [9.17, 15) is 4.39 Å². The molecule has 3 aromatic rings. The van der Waals surface area contributed by atoms with Crippen LogP contribution in [-0.4, -0.2) is 37.7 Å². The van der Waals surface area contributed by atoms with E-state index >= 15 is 0 Å². The summed E-state index contributed by atoms with van der Waals surface area (Å²) in [6.45, 7) is 1.89. The Morgan fingerprint density at radius 2 is 1.89 bits per heavy atom. The van der Waals surface area contributed by atoms with Gasteiger partial charge in [0.2, 0.25) is 0 Å². The lowest BCUT2D eigenvalue weighted by molar-refractivity contribution is 0.322. The number of guanidine groups is 1. The predicted octanol–water partition coefficient (Wildman–Crippen LogP) is 3.71. The summed E-state index contributed by atoms with van der Waals surface area (Å²) in [6, 6.07) is 14.5. The Kier molecular flexibility index (Phi) is 8.38. The van der Waals surface area contributed by atoms with Crippen molar-refractivity contribution in [3.8, 4) is 5.75 Å². The number of halogens is 2. The number of para-hydroxylation sites is 1. The minimum Gasteiger partial charge on any atom is -0.492 e. The zero-order chi connectivity index (χ0) is 18.2. The number of benzene rings is 2. The summed E-state index contributed by atoms with van der Waals surface area (Å²) in [5.74, 6) is 1.35. The van der Waals surface area contributed by atoms with Crippen LogP contribution in [0.1, 0.15) is 5.56 Å². The van der Waals surface area contributed by atoms with E-state index in [-0.39, 0.29) is 29.8 Å². The van der Waals surface area contributed by atoms with Gasteiger partial charge in [-0.15, -0.1) is 24.0 Å². The van der Waals surface area contributed by atoms with Gasteiger partial charge in [-0.3, -0.25) is 4.99 Å². The van der Waals surface area contributed by atoms with E-state index in [4.69, 9.17) is 4.74 Å². The van der Waals surface area contributed by atoms with E-state index in [1.165, 1.54) is 6.07 Å². The second kappa shape index (κ2) is 10.8. The Hall–Kier alpha value is -2.29. The number of nitrogens with zero attached hydrogens (tertiary/aromatic N) is 1. The first kappa shape index (κ1) is 21.0. The van der Waals surface area contributed by atoms with Gasteiger partial charge in [0.25, 0.3) is 0 Å². The first-order valence-electron chi connectivity index (χ1n) is 8.64. The van der Waals surface area contributed by atoms with Crippen LogP contribution in [0.4, 0.5) is 4.39 Å². The highest BCUT2D eigenvalue weighted by atomic mass is 127. The van der Waals surface area contributed by atoms with Crippen LogP contribution in [0.5, 0.6) is 5.75 Å². The summed E-state index contributed by atoms with van der Waals surface area (Å²) in [6.07, 6.45) is 2.69. The molecule has 7 heteroatoms. The van der Waals surface area contributed by atoms with Crippen molar-refractivity contribution < 1.29 is 9.13 Å². The van der Waals surface area contributed by atoms with Crippen molar-refractivity contribution >= 4 is 40.8 Å². The van der Waals surface area contributed by atoms with Gasteiger partial charge in [0.05, 0.1) is 6.54 Å². The lowest BCUT2D eigenvalue weighted by Gasteiger charge is -2.12. The number of nitrogens with one attached hydrogen (secondary N) is 3. The van der Waals surface area contributed by atoms with Gasteiger partial charge in [-0.05, 0) is 42.3 Å². The van der Waals surface area contributed by atoms with E-state index < -0.39 is 0 Å². The number of aromatic amines is 1. The Morgan fingerprint density at radius 3 is 2.67 bits per heavy atom. The van der Waals surface area contributed by atoms with Crippen molar-refractivity contribution in [2.45, 2.75) is 6.42 Å². The number of ether oxygens (including phenoxy) is 1. The van der Waals surface area contributed by atoms with Gasteiger partial charge in [0.15, 0.2) is 5.96 Å². The summed E-state index contributed by atoms with van der Waals surface area (Å²) in [4.78, 5) is 7.37. The number of fused-ring (bicyclic) bond motifs is 1. The summed E-state index contributed by atoms with van der Waals surface area (Å²) < 4.78 is 19.1. The smallest absolute Gasteiger partial charge is 0.191 e. The molecular weight excluding hydrogens is 458 g/mol. The van der Waals surface area contributed by atoms with Gasteiger partial charge < -0.3 is 20.4 Å². The van der Waals surface area contributed by atoms with Crippen LogP contribution >= 0.6 is 24.0 Å². The summed E-state index contributed by atoms with van der Waals surface area (Å²) >= 11 is 0. The minimum absolute atomic E-state index is 0. The van der Waals surface area contributed by atoms with Crippen molar-refractivity contribution in [2.24, 2.45) is 4.99 Å². The van der Waals surface area contributed by atoms with Crippen LogP contribution in [0.25, 0.3) is 10.9 Å². The third-order valence-electron chi connectivity index (χ3n) is 4.05. The van der Waals surface area contributed by atoms with E-state index in [1.807, 2.05) is 36.5 Å². The summed E-state index contributed by atoms with van der Waals surface area (Å²) in [5, 5.41) is 7.40. The molecule has 27 heavy (non-hydrogen) atoms. The lowest BCUT2D eigenvalue weighted by Crippen LogP contribution is -2.40. The number of H-pyrrole nitrogens is 1. The molecule has 0 amide bonds. The molecule has 0 saturated heterocycles. The molecule has 144 valence electrons. The molecule has 0 spiro atoms. The molecule has 0 atom stereocenters. The maximum Gasteiger partial charge on any atom is 0.191 e. The SMILES string of the molecule is CN=C(NCCOc1ccccc1)NCCc1c[nH]c2ccc(F)cc12.I. The number of aliphatic imine (C=N–C) groups is 1. The van der Waals surface area contributed by atoms with Crippen molar-refractivity contribution in [3.63, 3.8) is 0 Å². The number of hydrogen-bond donors (Lipinski definition) is 3. The van der Waals surface area contributed by atoms with Gasteiger partial charge in [0.1, 0.15) is 18.2 Å². The molecule has 1 aromatic heterocycles. The normalized spacial score (nSPS) is 11.1. The monoisotopic (exact) mass is 482 g/mol. The maximum atomic E-state index is 13.4. The van der Waals surface area contributed by atoms with Gasteiger partial charge >= 0.3 is 0 Å². The Labute approximate surface area is 175 Å². The fourth-order valence-corrected chi connectivity index (χ4v) is 2.75. The molecule has 3 rings (SSSR count). The van der Waals surface area contributed by atoms with Crippen LogP contribution in [0.2, 0.25) is 0 Å². The zero-order valence-electron chi connectivity index (χ0n) is 15.2. The Morgan fingerprint density at radius 1 is 1.11 bits per heavy atom. The average Bonchev–Trinajstić information content (AvgIpc) is 3.06. The molecular formula is C20H24FIN4O. The standard InChI is InChI=1S/C20H23FN4O.HI/c1-22-20(24-11-12-26-17-5-3-2-4-6-17)23-10-9-15-14-25-19-8-7-16(21)13-18(15)19;/h2-8,13-14,25H,9-12H2,1H3,(H2,22,23,24);1H.